The van der Waals surface area contributed by atoms with Crippen molar-refractivity contribution in [3.8, 4) is 0 Å². The molecule has 5 heterocycles. The molecule has 4 saturated heterocycles. The molecule has 0 atom stereocenters. The fourth-order valence-corrected chi connectivity index (χ4v) is 6.13. The Kier molecular flexibility index (Phi) is 3.43. The van der Waals surface area contributed by atoms with E-state index in [2.05, 4.69) is 76.5 Å². The molecule has 4 fully saturated rings. The Bertz CT molecular complexity index is 895. The van der Waals surface area contributed by atoms with Crippen LogP contribution in [0, 0.1) is 0 Å². The van der Waals surface area contributed by atoms with E-state index in [9.17, 15) is 5.11 Å². The predicted molar refractivity (Wildman–Crippen MR) is 107 cm³/mol. The highest BCUT2D eigenvalue weighted by molar-refractivity contribution is 5.42. The minimum atomic E-state index is -0.421. The molecule has 0 saturated carbocycles. The number of rotatable bonds is 3. The number of furan rings is 1. The molecule has 0 aliphatic carbocycles. The Morgan fingerprint density at radius 3 is 1.64 bits per heavy atom. The average Bonchev–Trinajstić information content (AvgIpc) is 3.26. The zero-order valence-electron chi connectivity index (χ0n) is 15.7. The van der Waals surface area contributed by atoms with Gasteiger partial charge in [0.1, 0.15) is 11.9 Å². The highest BCUT2D eigenvalue weighted by Gasteiger charge is 2.66. The van der Waals surface area contributed by atoms with E-state index in [0.29, 0.717) is 0 Å². The first-order chi connectivity index (χ1) is 13.7. The monoisotopic (exact) mass is 372 g/mol. The molecule has 0 amide bonds. The second kappa shape index (κ2) is 5.80. The average molecular weight is 372 g/mol. The molecule has 0 unspecified atom stereocenters. The summed E-state index contributed by atoms with van der Waals surface area (Å²) in [5.74, 6) is 1.000. The van der Waals surface area contributed by atoms with E-state index in [0.717, 1.165) is 31.9 Å². The van der Waals surface area contributed by atoms with Crippen LogP contribution in [0.25, 0.3) is 0 Å². The molecule has 3 aromatic rings. The van der Waals surface area contributed by atoms with Gasteiger partial charge in [-0.1, -0.05) is 60.7 Å². The third kappa shape index (κ3) is 2.05. The summed E-state index contributed by atoms with van der Waals surface area (Å²) < 4.78 is 5.82. The summed E-state index contributed by atoms with van der Waals surface area (Å²) in [6, 6.07) is 25.2. The summed E-state index contributed by atoms with van der Waals surface area (Å²) >= 11 is 0. The van der Waals surface area contributed by atoms with Gasteiger partial charge < -0.3 is 9.52 Å². The Hall–Kier alpha value is -2.40. The van der Waals surface area contributed by atoms with Crippen molar-refractivity contribution in [2.24, 2.45) is 0 Å². The summed E-state index contributed by atoms with van der Waals surface area (Å²) in [4.78, 5) is 5.02. The van der Waals surface area contributed by atoms with E-state index in [-0.39, 0.29) is 17.0 Å². The van der Waals surface area contributed by atoms with Crippen molar-refractivity contribution in [3.63, 3.8) is 0 Å². The van der Waals surface area contributed by atoms with Gasteiger partial charge in [-0.2, -0.15) is 0 Å². The van der Waals surface area contributed by atoms with Crippen molar-refractivity contribution >= 4 is 0 Å². The minimum Gasteiger partial charge on any atom is -0.466 e. The van der Waals surface area contributed by atoms with Gasteiger partial charge in [-0.3, -0.25) is 9.80 Å². The van der Waals surface area contributed by atoms with Crippen LogP contribution in [-0.2, 0) is 10.8 Å². The van der Waals surface area contributed by atoms with Gasteiger partial charge in [-0.05, 0) is 23.3 Å². The first-order valence-electron chi connectivity index (χ1n) is 10.0. The van der Waals surface area contributed by atoms with Crippen LogP contribution in [0.2, 0.25) is 0 Å². The first kappa shape index (κ1) is 16.5. The van der Waals surface area contributed by atoms with Crippen molar-refractivity contribution in [2.45, 2.75) is 23.1 Å². The SMILES string of the molecule is OC1C2(c3ccccc3)CN3CC1(c1ccccc1)CN(C2)C3c1ccco1. The zero-order chi connectivity index (χ0) is 18.8. The lowest BCUT2D eigenvalue weighted by Crippen LogP contribution is -2.81. The lowest BCUT2D eigenvalue weighted by atomic mass is 9.55. The van der Waals surface area contributed by atoms with Crippen molar-refractivity contribution in [2.75, 3.05) is 26.2 Å². The van der Waals surface area contributed by atoms with Crippen LogP contribution >= 0.6 is 0 Å². The number of benzene rings is 2. The van der Waals surface area contributed by atoms with Crippen LogP contribution in [0.1, 0.15) is 23.1 Å². The van der Waals surface area contributed by atoms with Crippen LogP contribution in [0.15, 0.2) is 83.5 Å². The van der Waals surface area contributed by atoms with E-state index in [1.807, 2.05) is 6.07 Å². The van der Waals surface area contributed by atoms with Crippen molar-refractivity contribution < 1.29 is 9.52 Å². The summed E-state index contributed by atoms with van der Waals surface area (Å²) in [5, 5.41) is 11.9. The maximum absolute atomic E-state index is 11.9. The van der Waals surface area contributed by atoms with Crippen LogP contribution in [0.3, 0.4) is 0 Å². The molecule has 142 valence electrons. The molecule has 1 aromatic heterocycles. The van der Waals surface area contributed by atoms with Crippen LogP contribution in [0.5, 0.6) is 0 Å². The van der Waals surface area contributed by atoms with Crippen LogP contribution in [-0.4, -0.2) is 47.2 Å². The lowest BCUT2D eigenvalue weighted by Gasteiger charge is -2.69. The molecule has 0 spiro atoms. The number of aliphatic hydroxyl groups is 1. The molecule has 4 nitrogen and oxygen atoms in total. The van der Waals surface area contributed by atoms with Gasteiger partial charge in [0.2, 0.25) is 0 Å². The second-order valence-corrected chi connectivity index (χ2v) is 8.65. The smallest absolute Gasteiger partial charge is 0.135 e. The zero-order valence-corrected chi connectivity index (χ0v) is 15.7. The first-order valence-corrected chi connectivity index (χ1v) is 10.0. The van der Waals surface area contributed by atoms with Crippen LogP contribution < -0.4 is 0 Å². The summed E-state index contributed by atoms with van der Waals surface area (Å²) in [5.41, 5.74) is 1.87. The Balaban J connectivity index is 1.53. The number of nitrogens with zero attached hydrogens (tertiary/aromatic N) is 2. The van der Waals surface area contributed by atoms with Gasteiger partial charge in [-0.25, -0.2) is 0 Å². The van der Waals surface area contributed by atoms with Gasteiger partial charge in [0.25, 0.3) is 0 Å². The fourth-order valence-electron chi connectivity index (χ4n) is 6.13. The van der Waals surface area contributed by atoms with Crippen molar-refractivity contribution in [3.05, 3.63) is 95.9 Å². The third-order valence-corrected chi connectivity index (χ3v) is 7.17. The minimum absolute atomic E-state index is 0.149. The molecular weight excluding hydrogens is 348 g/mol. The third-order valence-electron chi connectivity index (χ3n) is 7.17. The lowest BCUT2D eigenvalue weighted by molar-refractivity contribution is -0.212. The van der Waals surface area contributed by atoms with Crippen LogP contribution in [0.4, 0.5) is 0 Å². The molecule has 2 aromatic carbocycles. The summed E-state index contributed by atoms with van der Waals surface area (Å²) in [6.45, 7) is 3.37. The fraction of sp³-hybridized carbons (Fsp3) is 0.333. The summed E-state index contributed by atoms with van der Waals surface area (Å²) in [6.07, 6.45) is 1.49. The Labute approximate surface area is 165 Å². The predicted octanol–water partition coefficient (Wildman–Crippen LogP) is 3.16. The van der Waals surface area contributed by atoms with E-state index >= 15 is 0 Å². The molecule has 4 heteroatoms. The number of hydrogen-bond donors (Lipinski definition) is 1. The molecule has 4 aliphatic rings. The van der Waals surface area contributed by atoms with Crippen molar-refractivity contribution in [1.82, 2.24) is 9.80 Å². The molecule has 4 aliphatic heterocycles. The van der Waals surface area contributed by atoms with E-state index in [1.54, 1.807) is 6.26 Å². The second-order valence-electron chi connectivity index (χ2n) is 8.65. The molecule has 1 N–H and O–H groups in total. The molecule has 4 bridgehead atoms. The maximum Gasteiger partial charge on any atom is 0.135 e. The Morgan fingerprint density at radius 2 is 1.21 bits per heavy atom. The number of aliphatic hydroxyl groups excluding tert-OH is 1. The molecule has 0 radical (unpaired) electrons. The van der Waals surface area contributed by atoms with E-state index in [4.69, 9.17) is 4.42 Å². The van der Waals surface area contributed by atoms with Gasteiger partial charge in [0, 0.05) is 37.0 Å². The van der Waals surface area contributed by atoms with Gasteiger partial charge in [0.15, 0.2) is 0 Å². The quantitative estimate of drug-likeness (QED) is 0.767. The molecular formula is C24H24N2O2. The topological polar surface area (TPSA) is 39.9 Å². The standard InChI is InChI=1S/C24H24N2O2/c27-22-23(18-8-3-1-4-9-18)14-25-16-24(22,19-10-5-2-6-11-19)17-26(15-23)21(25)20-12-7-13-28-20/h1-13,21-22,27H,14-17H2. The van der Waals surface area contributed by atoms with Gasteiger partial charge in [0.05, 0.1) is 12.4 Å². The summed E-state index contributed by atoms with van der Waals surface area (Å²) in [7, 11) is 0. The highest BCUT2D eigenvalue weighted by atomic mass is 16.3. The van der Waals surface area contributed by atoms with E-state index < -0.39 is 6.10 Å². The number of piperidine rings is 2. The molecule has 28 heavy (non-hydrogen) atoms. The van der Waals surface area contributed by atoms with Gasteiger partial charge >= 0.3 is 0 Å². The Morgan fingerprint density at radius 1 is 0.714 bits per heavy atom. The molecule has 7 rings (SSSR count). The van der Waals surface area contributed by atoms with Crippen molar-refractivity contribution in [1.29, 1.82) is 0 Å². The number of hydrogen-bond acceptors (Lipinski definition) is 4. The largest absolute Gasteiger partial charge is 0.466 e. The van der Waals surface area contributed by atoms with E-state index in [1.165, 1.54) is 11.1 Å². The normalized spacial score (nSPS) is 38.6. The maximum atomic E-state index is 11.9. The highest BCUT2D eigenvalue weighted by Crippen LogP contribution is 2.56. The van der Waals surface area contributed by atoms with Gasteiger partial charge in [-0.15, -0.1) is 0 Å².